The van der Waals surface area contributed by atoms with Gasteiger partial charge in [-0.15, -0.1) is 0 Å². The predicted molar refractivity (Wildman–Crippen MR) is 116 cm³/mol. The predicted octanol–water partition coefficient (Wildman–Crippen LogP) is 7.46. The molecule has 0 saturated carbocycles. The highest BCUT2D eigenvalue weighted by molar-refractivity contribution is 5.37. The SMILES string of the molecule is Cc1ccc(CCCCc2ccc(C)c(C(C)(C)C)c2)cc1C(C)(C)C. The zero-order valence-electron chi connectivity index (χ0n) is 18.3. The van der Waals surface area contributed by atoms with Crippen LogP contribution in [-0.4, -0.2) is 0 Å². The summed E-state index contributed by atoms with van der Waals surface area (Å²) in [6.45, 7) is 18.3. The van der Waals surface area contributed by atoms with Gasteiger partial charge in [-0.1, -0.05) is 77.9 Å². The first-order valence-corrected chi connectivity index (χ1v) is 10.2. The van der Waals surface area contributed by atoms with Gasteiger partial charge in [0.05, 0.1) is 0 Å². The molecule has 0 heterocycles. The summed E-state index contributed by atoms with van der Waals surface area (Å²) < 4.78 is 0. The fourth-order valence-corrected chi connectivity index (χ4v) is 3.92. The Morgan fingerprint density at radius 1 is 0.577 bits per heavy atom. The summed E-state index contributed by atoms with van der Waals surface area (Å²) in [6, 6.07) is 14.1. The maximum absolute atomic E-state index is 2.43. The van der Waals surface area contributed by atoms with Crippen molar-refractivity contribution >= 4 is 0 Å². The molecule has 0 radical (unpaired) electrons. The fraction of sp³-hybridized carbons (Fsp3) is 0.538. The Hall–Kier alpha value is -1.56. The second-order valence-electron chi connectivity index (χ2n) is 10.0. The second-order valence-corrected chi connectivity index (χ2v) is 10.0. The minimum atomic E-state index is 0.228. The van der Waals surface area contributed by atoms with Crippen molar-refractivity contribution in [3.63, 3.8) is 0 Å². The van der Waals surface area contributed by atoms with Crippen molar-refractivity contribution in [2.75, 3.05) is 0 Å². The van der Waals surface area contributed by atoms with E-state index in [1.807, 2.05) is 0 Å². The normalized spacial score (nSPS) is 12.5. The molecule has 0 aromatic heterocycles. The number of rotatable bonds is 5. The van der Waals surface area contributed by atoms with Crippen LogP contribution in [-0.2, 0) is 23.7 Å². The van der Waals surface area contributed by atoms with E-state index in [-0.39, 0.29) is 10.8 Å². The molecule has 2 aromatic rings. The maximum Gasteiger partial charge on any atom is -0.0129 e. The van der Waals surface area contributed by atoms with Gasteiger partial charge in [0.25, 0.3) is 0 Å². The molecule has 0 N–H and O–H groups in total. The Bertz CT molecular complexity index is 670. The highest BCUT2D eigenvalue weighted by Crippen LogP contribution is 2.28. The van der Waals surface area contributed by atoms with Gasteiger partial charge in [-0.3, -0.25) is 0 Å². The molecule has 0 heteroatoms. The van der Waals surface area contributed by atoms with Crippen molar-refractivity contribution in [1.29, 1.82) is 0 Å². The molecule has 26 heavy (non-hydrogen) atoms. The van der Waals surface area contributed by atoms with Gasteiger partial charge in [0.15, 0.2) is 0 Å². The third-order valence-corrected chi connectivity index (χ3v) is 5.40. The summed E-state index contributed by atoms with van der Waals surface area (Å²) >= 11 is 0. The lowest BCUT2D eigenvalue weighted by atomic mass is 9.82. The van der Waals surface area contributed by atoms with Gasteiger partial charge in [-0.05, 0) is 83.7 Å². The van der Waals surface area contributed by atoms with Crippen molar-refractivity contribution in [2.45, 2.75) is 91.9 Å². The van der Waals surface area contributed by atoms with Gasteiger partial charge < -0.3 is 0 Å². The number of aryl methyl sites for hydroxylation is 4. The average Bonchev–Trinajstić information content (AvgIpc) is 2.52. The van der Waals surface area contributed by atoms with Gasteiger partial charge >= 0.3 is 0 Å². The summed E-state index contributed by atoms with van der Waals surface area (Å²) in [5.41, 5.74) is 9.23. The van der Waals surface area contributed by atoms with Crippen molar-refractivity contribution < 1.29 is 0 Å². The molecule has 0 spiro atoms. The topological polar surface area (TPSA) is 0 Å². The number of unbranched alkanes of at least 4 members (excludes halogenated alkanes) is 1. The fourth-order valence-electron chi connectivity index (χ4n) is 3.92. The van der Waals surface area contributed by atoms with E-state index < -0.39 is 0 Å². The Morgan fingerprint density at radius 3 is 1.23 bits per heavy atom. The Kier molecular flexibility index (Phi) is 6.37. The van der Waals surface area contributed by atoms with Crippen LogP contribution in [0.25, 0.3) is 0 Å². The third-order valence-electron chi connectivity index (χ3n) is 5.40. The van der Waals surface area contributed by atoms with Crippen molar-refractivity contribution in [3.05, 3.63) is 69.8 Å². The maximum atomic E-state index is 2.43. The molecule has 2 rings (SSSR count). The van der Waals surface area contributed by atoms with E-state index >= 15 is 0 Å². The molecular formula is C26H38. The third kappa shape index (κ3) is 5.47. The summed E-state index contributed by atoms with van der Waals surface area (Å²) in [6.07, 6.45) is 4.87. The lowest BCUT2D eigenvalue weighted by Gasteiger charge is -2.23. The van der Waals surface area contributed by atoms with Crippen LogP contribution < -0.4 is 0 Å². The summed E-state index contributed by atoms with van der Waals surface area (Å²) in [5, 5.41) is 0. The number of hydrogen-bond acceptors (Lipinski definition) is 0. The van der Waals surface area contributed by atoms with Crippen molar-refractivity contribution in [2.24, 2.45) is 0 Å². The van der Waals surface area contributed by atoms with E-state index in [0.29, 0.717) is 0 Å². The first kappa shape index (κ1) is 20.7. The molecule has 0 saturated heterocycles. The largest absolute Gasteiger partial charge is 0.0588 e. The van der Waals surface area contributed by atoms with Crippen LogP contribution in [0.2, 0.25) is 0 Å². The molecule has 0 aliphatic heterocycles. The van der Waals surface area contributed by atoms with Gasteiger partial charge in [-0.2, -0.15) is 0 Å². The molecule has 0 bridgehead atoms. The van der Waals surface area contributed by atoms with Crippen LogP contribution in [0.5, 0.6) is 0 Å². The quantitative estimate of drug-likeness (QED) is 0.491. The molecule has 142 valence electrons. The Balaban J connectivity index is 1.96. The highest BCUT2D eigenvalue weighted by atomic mass is 14.2. The lowest BCUT2D eigenvalue weighted by Crippen LogP contribution is -2.13. The lowest BCUT2D eigenvalue weighted by molar-refractivity contribution is 0.583. The van der Waals surface area contributed by atoms with Gasteiger partial charge in [-0.25, -0.2) is 0 Å². The summed E-state index contributed by atoms with van der Waals surface area (Å²) in [5.74, 6) is 0. The first-order valence-electron chi connectivity index (χ1n) is 10.2. The van der Waals surface area contributed by atoms with Crippen molar-refractivity contribution in [3.8, 4) is 0 Å². The molecule has 0 nitrogen and oxygen atoms in total. The van der Waals surface area contributed by atoms with E-state index in [0.717, 1.165) is 0 Å². The molecule has 0 aliphatic carbocycles. The van der Waals surface area contributed by atoms with Crippen LogP contribution in [0.15, 0.2) is 36.4 Å². The van der Waals surface area contributed by atoms with E-state index in [1.165, 1.54) is 59.1 Å². The number of benzene rings is 2. The monoisotopic (exact) mass is 350 g/mol. The molecule has 0 amide bonds. The molecule has 2 aromatic carbocycles. The van der Waals surface area contributed by atoms with Crippen LogP contribution in [0.1, 0.15) is 87.8 Å². The standard InChI is InChI=1S/C26H38/c1-19-13-15-21(17-23(19)25(3,4)5)11-9-10-12-22-16-14-20(2)24(18-22)26(6,7)8/h13-18H,9-12H2,1-8H3. The van der Waals surface area contributed by atoms with E-state index in [1.54, 1.807) is 0 Å². The molecule has 0 fully saturated rings. The molecule has 0 atom stereocenters. The van der Waals surface area contributed by atoms with Gasteiger partial charge in [0, 0.05) is 0 Å². The molecule has 0 unspecified atom stereocenters. The van der Waals surface area contributed by atoms with E-state index in [4.69, 9.17) is 0 Å². The van der Waals surface area contributed by atoms with Gasteiger partial charge in [0.2, 0.25) is 0 Å². The Labute approximate surface area is 162 Å². The average molecular weight is 351 g/mol. The smallest absolute Gasteiger partial charge is 0.0129 e. The van der Waals surface area contributed by atoms with Crippen LogP contribution in [0.3, 0.4) is 0 Å². The second kappa shape index (κ2) is 7.99. The summed E-state index contributed by atoms with van der Waals surface area (Å²) in [4.78, 5) is 0. The minimum Gasteiger partial charge on any atom is -0.0588 e. The molecular weight excluding hydrogens is 312 g/mol. The highest BCUT2D eigenvalue weighted by Gasteiger charge is 2.17. The first-order chi connectivity index (χ1) is 12.0. The zero-order chi connectivity index (χ0) is 19.5. The van der Waals surface area contributed by atoms with Crippen molar-refractivity contribution in [1.82, 2.24) is 0 Å². The minimum absolute atomic E-state index is 0.228. The van der Waals surface area contributed by atoms with Crippen LogP contribution in [0, 0.1) is 13.8 Å². The van der Waals surface area contributed by atoms with Crippen LogP contribution in [0.4, 0.5) is 0 Å². The molecule has 0 aliphatic rings. The zero-order valence-corrected chi connectivity index (χ0v) is 18.3. The Morgan fingerprint density at radius 2 is 0.923 bits per heavy atom. The van der Waals surface area contributed by atoms with E-state index in [9.17, 15) is 0 Å². The van der Waals surface area contributed by atoms with Crippen LogP contribution >= 0.6 is 0 Å². The summed E-state index contributed by atoms with van der Waals surface area (Å²) in [7, 11) is 0. The van der Waals surface area contributed by atoms with E-state index in [2.05, 4.69) is 91.8 Å². The van der Waals surface area contributed by atoms with Gasteiger partial charge in [0.1, 0.15) is 0 Å². The number of hydrogen-bond donors (Lipinski definition) is 0.